The standard InChI is InChI=1S/C21H30NO5/c1-22(15-19(23)26-2)13-12-18(14-22)27-20(24)21(25,17-10-6-7-11-17)16-8-4-3-5-9-16/h3-5,8-9,17-18,25H,6-7,10-15H2,1-2H3/q+1/t18-,21?,22-/m1/s1. The summed E-state index contributed by atoms with van der Waals surface area (Å²) in [6, 6.07) is 9.14. The highest BCUT2D eigenvalue weighted by molar-refractivity contribution is 5.81. The molecule has 1 aromatic rings. The molecule has 3 rings (SSSR count). The molecule has 27 heavy (non-hydrogen) atoms. The van der Waals surface area contributed by atoms with Crippen molar-refractivity contribution in [1.82, 2.24) is 0 Å². The Kier molecular flexibility index (Phi) is 5.86. The SMILES string of the molecule is COC(=O)C[N@+]1(C)CC[C@@H](OC(=O)C(O)(c2ccccc2)C2CCCC2)C1. The Morgan fingerprint density at radius 1 is 1.19 bits per heavy atom. The normalized spacial score (nSPS) is 27.9. The monoisotopic (exact) mass is 376 g/mol. The number of methoxy groups -OCH3 is 1. The predicted octanol–water partition coefficient (Wildman–Crippen LogP) is 2.00. The Morgan fingerprint density at radius 2 is 1.85 bits per heavy atom. The number of likely N-dealkylation sites (N-methyl/N-ethyl adjacent to an activating group) is 1. The Morgan fingerprint density at radius 3 is 2.48 bits per heavy atom. The van der Waals surface area contributed by atoms with Gasteiger partial charge in [0.15, 0.2) is 18.2 Å². The number of nitrogens with zero attached hydrogens (tertiary/aromatic N) is 1. The van der Waals surface area contributed by atoms with Gasteiger partial charge in [0, 0.05) is 12.3 Å². The molecule has 1 saturated carbocycles. The van der Waals surface area contributed by atoms with Crippen LogP contribution in [0.1, 0.15) is 37.7 Å². The van der Waals surface area contributed by atoms with Gasteiger partial charge in [-0.15, -0.1) is 0 Å². The number of quaternary nitrogens is 1. The van der Waals surface area contributed by atoms with E-state index in [2.05, 4.69) is 0 Å². The summed E-state index contributed by atoms with van der Waals surface area (Å²) in [5, 5.41) is 11.5. The Bertz CT molecular complexity index is 672. The largest absolute Gasteiger partial charge is 0.465 e. The number of carbonyl (C=O) groups excluding carboxylic acids is 2. The van der Waals surface area contributed by atoms with E-state index < -0.39 is 11.6 Å². The average Bonchev–Trinajstić information content (AvgIpc) is 3.32. The van der Waals surface area contributed by atoms with Crippen molar-refractivity contribution in [2.75, 3.05) is 33.8 Å². The van der Waals surface area contributed by atoms with Gasteiger partial charge in [-0.1, -0.05) is 43.2 Å². The molecule has 6 nitrogen and oxygen atoms in total. The molecular weight excluding hydrogens is 346 g/mol. The van der Waals surface area contributed by atoms with Gasteiger partial charge >= 0.3 is 11.9 Å². The quantitative estimate of drug-likeness (QED) is 0.607. The van der Waals surface area contributed by atoms with E-state index in [1.165, 1.54) is 7.11 Å². The number of carbonyl (C=O) groups is 2. The maximum Gasteiger partial charge on any atom is 0.361 e. The predicted molar refractivity (Wildman–Crippen MR) is 99.6 cm³/mol. The molecule has 2 fully saturated rings. The fourth-order valence-electron chi connectivity index (χ4n) is 4.54. The van der Waals surface area contributed by atoms with Gasteiger partial charge in [0.25, 0.3) is 0 Å². The number of benzene rings is 1. The number of ether oxygens (including phenoxy) is 2. The van der Waals surface area contributed by atoms with Gasteiger partial charge in [0.05, 0.1) is 20.7 Å². The van der Waals surface area contributed by atoms with Crippen LogP contribution in [0.2, 0.25) is 0 Å². The van der Waals surface area contributed by atoms with Gasteiger partial charge in [-0.25, -0.2) is 9.59 Å². The number of rotatable bonds is 6. The van der Waals surface area contributed by atoms with Gasteiger partial charge < -0.3 is 19.1 Å². The van der Waals surface area contributed by atoms with Crippen LogP contribution in [0.25, 0.3) is 0 Å². The summed E-state index contributed by atoms with van der Waals surface area (Å²) in [5.41, 5.74) is -1.00. The van der Waals surface area contributed by atoms with Crippen molar-refractivity contribution >= 4 is 11.9 Å². The molecule has 2 aliphatic rings. The topological polar surface area (TPSA) is 72.8 Å². The van der Waals surface area contributed by atoms with Crippen LogP contribution < -0.4 is 0 Å². The third kappa shape index (κ3) is 4.17. The summed E-state index contributed by atoms with van der Waals surface area (Å²) in [6.07, 6.45) is 4.05. The third-order valence-electron chi connectivity index (χ3n) is 6.12. The van der Waals surface area contributed by atoms with Crippen LogP contribution >= 0.6 is 0 Å². The minimum atomic E-state index is -1.61. The number of hydrogen-bond donors (Lipinski definition) is 1. The van der Waals surface area contributed by atoms with Crippen molar-refractivity contribution < 1.29 is 28.7 Å². The summed E-state index contributed by atoms with van der Waals surface area (Å²) < 4.78 is 11.1. The molecule has 0 bridgehead atoms. The first-order chi connectivity index (χ1) is 12.9. The number of esters is 2. The fraction of sp³-hybridized carbons (Fsp3) is 0.619. The molecule has 1 aliphatic heterocycles. The number of aliphatic hydroxyl groups is 1. The van der Waals surface area contributed by atoms with Crippen LogP contribution in [0.5, 0.6) is 0 Å². The summed E-state index contributed by atoms with van der Waals surface area (Å²) in [6.45, 7) is 1.55. The first-order valence-electron chi connectivity index (χ1n) is 9.77. The van der Waals surface area contributed by atoms with Crippen LogP contribution in [-0.4, -0.2) is 61.4 Å². The Balaban J connectivity index is 1.73. The fourth-order valence-corrected chi connectivity index (χ4v) is 4.54. The van der Waals surface area contributed by atoms with E-state index >= 15 is 0 Å². The molecule has 3 atom stereocenters. The zero-order valence-electron chi connectivity index (χ0n) is 16.2. The average molecular weight is 376 g/mol. The number of hydrogen-bond acceptors (Lipinski definition) is 5. The first kappa shape index (κ1) is 19.8. The molecule has 6 heteroatoms. The highest BCUT2D eigenvalue weighted by Crippen LogP contribution is 2.42. The van der Waals surface area contributed by atoms with Crippen molar-refractivity contribution in [2.45, 2.75) is 43.8 Å². The summed E-state index contributed by atoms with van der Waals surface area (Å²) in [7, 11) is 3.34. The van der Waals surface area contributed by atoms with Crippen LogP contribution in [0.3, 0.4) is 0 Å². The second kappa shape index (κ2) is 7.98. The zero-order valence-corrected chi connectivity index (χ0v) is 16.2. The minimum absolute atomic E-state index is 0.121. The second-order valence-corrected chi connectivity index (χ2v) is 8.19. The number of likely N-dealkylation sites (tertiary alicyclic amines) is 1. The molecule has 1 aliphatic carbocycles. The molecule has 1 heterocycles. The van der Waals surface area contributed by atoms with E-state index in [9.17, 15) is 14.7 Å². The van der Waals surface area contributed by atoms with Gasteiger partial charge in [-0.05, 0) is 18.4 Å². The second-order valence-electron chi connectivity index (χ2n) is 8.19. The Labute approximate surface area is 160 Å². The van der Waals surface area contributed by atoms with Gasteiger partial charge in [0.1, 0.15) is 6.54 Å². The highest BCUT2D eigenvalue weighted by Gasteiger charge is 2.49. The third-order valence-corrected chi connectivity index (χ3v) is 6.12. The molecule has 0 radical (unpaired) electrons. The summed E-state index contributed by atoms with van der Waals surface area (Å²) in [5.74, 6) is -0.946. The lowest BCUT2D eigenvalue weighted by molar-refractivity contribution is -0.891. The van der Waals surface area contributed by atoms with Crippen molar-refractivity contribution in [1.29, 1.82) is 0 Å². The van der Waals surface area contributed by atoms with E-state index in [-0.39, 0.29) is 24.5 Å². The van der Waals surface area contributed by atoms with Crippen LogP contribution in [-0.2, 0) is 24.7 Å². The van der Waals surface area contributed by atoms with E-state index in [0.717, 1.165) is 32.2 Å². The van der Waals surface area contributed by atoms with Crippen molar-refractivity contribution in [3.05, 3.63) is 35.9 Å². The lowest BCUT2D eigenvalue weighted by Crippen LogP contribution is -2.48. The van der Waals surface area contributed by atoms with E-state index in [0.29, 0.717) is 23.0 Å². The van der Waals surface area contributed by atoms with Crippen molar-refractivity contribution in [2.24, 2.45) is 5.92 Å². The minimum Gasteiger partial charge on any atom is -0.465 e. The lowest BCUT2D eigenvalue weighted by atomic mass is 9.80. The highest BCUT2D eigenvalue weighted by atomic mass is 16.6. The summed E-state index contributed by atoms with van der Waals surface area (Å²) >= 11 is 0. The first-order valence-corrected chi connectivity index (χ1v) is 9.77. The van der Waals surface area contributed by atoms with Crippen molar-refractivity contribution in [3.8, 4) is 0 Å². The molecule has 1 unspecified atom stereocenters. The van der Waals surface area contributed by atoms with E-state index in [1.54, 1.807) is 12.1 Å². The zero-order chi connectivity index (χ0) is 19.5. The maximum absolute atomic E-state index is 13.1. The van der Waals surface area contributed by atoms with E-state index in [1.807, 2.05) is 25.2 Å². The van der Waals surface area contributed by atoms with Crippen LogP contribution in [0.4, 0.5) is 0 Å². The molecule has 1 N–H and O–H groups in total. The lowest BCUT2D eigenvalue weighted by Gasteiger charge is -2.33. The summed E-state index contributed by atoms with van der Waals surface area (Å²) in [4.78, 5) is 24.8. The van der Waals surface area contributed by atoms with Gasteiger partial charge in [-0.3, -0.25) is 0 Å². The molecule has 1 aromatic carbocycles. The molecule has 1 saturated heterocycles. The van der Waals surface area contributed by atoms with Gasteiger partial charge in [-0.2, -0.15) is 0 Å². The maximum atomic E-state index is 13.1. The van der Waals surface area contributed by atoms with Crippen LogP contribution in [0, 0.1) is 5.92 Å². The van der Waals surface area contributed by atoms with Crippen molar-refractivity contribution in [3.63, 3.8) is 0 Å². The van der Waals surface area contributed by atoms with Crippen LogP contribution in [0.15, 0.2) is 30.3 Å². The molecule has 0 amide bonds. The molecule has 0 aromatic heterocycles. The molecule has 0 spiro atoms. The van der Waals surface area contributed by atoms with E-state index in [4.69, 9.17) is 9.47 Å². The molecular formula is C21H30NO5+. The Hall–Kier alpha value is -1.92. The molecule has 148 valence electrons. The smallest absolute Gasteiger partial charge is 0.361 e. The van der Waals surface area contributed by atoms with Gasteiger partial charge in [0.2, 0.25) is 0 Å².